The van der Waals surface area contributed by atoms with Gasteiger partial charge < -0.3 is 20.3 Å². The van der Waals surface area contributed by atoms with Gasteiger partial charge in [-0.2, -0.15) is 8.78 Å². The zero-order valence-corrected chi connectivity index (χ0v) is 15.6. The normalized spacial score (nSPS) is 26.4. The molecule has 3 fully saturated rings. The highest BCUT2D eigenvalue weighted by molar-refractivity contribution is 6.00. The van der Waals surface area contributed by atoms with Crippen LogP contribution < -0.4 is 20.3 Å². The van der Waals surface area contributed by atoms with Crippen LogP contribution in [-0.4, -0.2) is 44.1 Å². The van der Waals surface area contributed by atoms with Gasteiger partial charge in [0, 0.05) is 18.2 Å². The van der Waals surface area contributed by atoms with E-state index in [9.17, 15) is 18.4 Å². The number of ether oxygens (including phenoxy) is 1. The highest BCUT2D eigenvalue weighted by Crippen LogP contribution is 2.58. The van der Waals surface area contributed by atoms with Crippen LogP contribution in [0.3, 0.4) is 0 Å². The summed E-state index contributed by atoms with van der Waals surface area (Å²) in [7, 11) is 0. The highest BCUT2D eigenvalue weighted by atomic mass is 19.3. The van der Waals surface area contributed by atoms with Gasteiger partial charge >= 0.3 is 6.61 Å². The number of halogens is 2. The number of nitrogens with zero attached hydrogens (tertiary/aromatic N) is 1. The summed E-state index contributed by atoms with van der Waals surface area (Å²) >= 11 is 0. The zero-order chi connectivity index (χ0) is 19.7. The van der Waals surface area contributed by atoms with E-state index >= 15 is 0 Å². The van der Waals surface area contributed by atoms with Crippen LogP contribution in [0.2, 0.25) is 0 Å². The Labute approximate surface area is 162 Å². The van der Waals surface area contributed by atoms with E-state index in [1.807, 2.05) is 0 Å². The molecule has 0 aromatic heterocycles. The average molecular weight is 393 g/mol. The van der Waals surface area contributed by atoms with Gasteiger partial charge in [-0.15, -0.1) is 0 Å². The molecule has 3 aliphatic rings. The number of hydrogen-bond acceptors (Lipinski definition) is 4. The molecule has 2 aliphatic heterocycles. The molecule has 28 heavy (non-hydrogen) atoms. The molecule has 4 rings (SSSR count). The van der Waals surface area contributed by atoms with Gasteiger partial charge in [0.05, 0.1) is 0 Å². The second-order valence-electron chi connectivity index (χ2n) is 7.93. The smallest absolute Gasteiger partial charge is 0.387 e. The fourth-order valence-corrected chi connectivity index (χ4v) is 4.54. The van der Waals surface area contributed by atoms with Gasteiger partial charge in [-0.25, -0.2) is 0 Å². The van der Waals surface area contributed by atoms with Crippen LogP contribution in [0, 0.1) is 11.3 Å². The second-order valence-corrected chi connectivity index (χ2v) is 7.93. The summed E-state index contributed by atoms with van der Waals surface area (Å²) in [5.41, 5.74) is 0.750. The number of amides is 2. The van der Waals surface area contributed by atoms with Crippen molar-refractivity contribution in [1.82, 2.24) is 10.6 Å². The molecular weight excluding hydrogens is 368 g/mol. The van der Waals surface area contributed by atoms with Gasteiger partial charge in [0.25, 0.3) is 0 Å². The van der Waals surface area contributed by atoms with Gasteiger partial charge in [0.2, 0.25) is 11.8 Å². The molecule has 2 atom stereocenters. The molecule has 0 radical (unpaired) electrons. The monoisotopic (exact) mass is 393 g/mol. The Morgan fingerprint density at radius 3 is 2.64 bits per heavy atom. The standard InChI is InChI=1S/C20H25F2N3O3/c21-19(22)28-14-5-3-13(4-6-14)25-11-1-2-16(18(25)27)24-17(26)15-12-20(15)7-9-23-10-8-20/h3-6,15-16,19,23H,1-2,7-12H2,(H,24,26). The Bertz CT molecular complexity index is 735. The largest absolute Gasteiger partial charge is 0.435 e. The molecule has 2 heterocycles. The predicted molar refractivity (Wildman–Crippen MR) is 99.2 cm³/mol. The molecule has 1 spiro atoms. The third-order valence-electron chi connectivity index (χ3n) is 6.23. The third kappa shape index (κ3) is 3.83. The van der Waals surface area contributed by atoms with E-state index in [0.29, 0.717) is 18.7 Å². The quantitative estimate of drug-likeness (QED) is 0.805. The van der Waals surface area contributed by atoms with E-state index in [0.717, 1.165) is 38.8 Å². The first-order valence-corrected chi connectivity index (χ1v) is 9.86. The van der Waals surface area contributed by atoms with E-state index in [2.05, 4.69) is 15.4 Å². The number of carbonyl (C=O) groups is 2. The van der Waals surface area contributed by atoms with Crippen LogP contribution in [0.5, 0.6) is 5.75 Å². The number of benzene rings is 1. The first-order chi connectivity index (χ1) is 13.5. The van der Waals surface area contributed by atoms with Gasteiger partial charge in [-0.1, -0.05) is 0 Å². The Hall–Kier alpha value is -2.22. The van der Waals surface area contributed by atoms with Crippen molar-refractivity contribution in [2.45, 2.75) is 44.8 Å². The lowest BCUT2D eigenvalue weighted by Crippen LogP contribution is -2.53. The van der Waals surface area contributed by atoms with E-state index in [1.165, 1.54) is 12.1 Å². The summed E-state index contributed by atoms with van der Waals surface area (Å²) in [6, 6.07) is 5.48. The van der Waals surface area contributed by atoms with Crippen molar-refractivity contribution >= 4 is 17.5 Å². The molecule has 1 aromatic carbocycles. The number of rotatable bonds is 5. The Morgan fingerprint density at radius 2 is 1.96 bits per heavy atom. The molecule has 152 valence electrons. The number of alkyl halides is 2. The summed E-state index contributed by atoms with van der Waals surface area (Å²) in [4.78, 5) is 27.2. The van der Waals surface area contributed by atoms with Gasteiger partial charge in [0.15, 0.2) is 0 Å². The maximum Gasteiger partial charge on any atom is 0.387 e. The van der Waals surface area contributed by atoms with Crippen molar-refractivity contribution in [3.63, 3.8) is 0 Å². The SMILES string of the molecule is O=C(NC1CCCN(c2ccc(OC(F)F)cc2)C1=O)C1CC12CCNCC2. The highest BCUT2D eigenvalue weighted by Gasteiger charge is 2.58. The van der Waals surface area contributed by atoms with Crippen molar-refractivity contribution in [2.75, 3.05) is 24.5 Å². The topological polar surface area (TPSA) is 70.7 Å². The van der Waals surface area contributed by atoms with Crippen LogP contribution in [0.15, 0.2) is 24.3 Å². The summed E-state index contributed by atoms with van der Waals surface area (Å²) < 4.78 is 28.9. The lowest BCUT2D eigenvalue weighted by Gasteiger charge is -2.33. The van der Waals surface area contributed by atoms with Crippen molar-refractivity contribution in [1.29, 1.82) is 0 Å². The zero-order valence-electron chi connectivity index (χ0n) is 15.6. The number of carbonyl (C=O) groups excluding carboxylic acids is 2. The third-order valence-corrected chi connectivity index (χ3v) is 6.23. The molecule has 6 nitrogen and oxygen atoms in total. The molecule has 1 aliphatic carbocycles. The van der Waals surface area contributed by atoms with Crippen LogP contribution in [-0.2, 0) is 9.59 Å². The molecule has 2 amide bonds. The minimum Gasteiger partial charge on any atom is -0.435 e. The molecule has 2 unspecified atom stereocenters. The summed E-state index contributed by atoms with van der Waals surface area (Å²) in [6.45, 7) is -0.442. The molecule has 0 bridgehead atoms. The van der Waals surface area contributed by atoms with Crippen molar-refractivity contribution < 1.29 is 23.1 Å². The van der Waals surface area contributed by atoms with E-state index < -0.39 is 12.7 Å². The lowest BCUT2D eigenvalue weighted by atomic mass is 9.91. The van der Waals surface area contributed by atoms with E-state index in [-0.39, 0.29) is 28.9 Å². The first-order valence-electron chi connectivity index (χ1n) is 9.86. The number of nitrogens with one attached hydrogen (secondary N) is 2. The summed E-state index contributed by atoms with van der Waals surface area (Å²) in [6.07, 6.45) is 4.34. The van der Waals surface area contributed by atoms with Crippen molar-refractivity contribution in [2.24, 2.45) is 11.3 Å². The average Bonchev–Trinajstić information content (AvgIpc) is 3.37. The minimum atomic E-state index is -2.88. The van der Waals surface area contributed by atoms with Crippen molar-refractivity contribution in [3.8, 4) is 5.75 Å². The first kappa shape index (κ1) is 19.1. The maximum absolute atomic E-state index is 12.9. The maximum atomic E-state index is 12.9. The molecule has 1 aromatic rings. The fraction of sp³-hybridized carbons (Fsp3) is 0.600. The van der Waals surface area contributed by atoms with Gasteiger partial charge in [-0.05, 0) is 74.9 Å². The molecular formula is C20H25F2N3O3. The van der Waals surface area contributed by atoms with Crippen LogP contribution in [0.25, 0.3) is 0 Å². The number of anilines is 1. The van der Waals surface area contributed by atoms with Crippen LogP contribution >= 0.6 is 0 Å². The molecule has 1 saturated carbocycles. The number of piperidine rings is 2. The Morgan fingerprint density at radius 1 is 1.25 bits per heavy atom. The van der Waals surface area contributed by atoms with E-state index in [4.69, 9.17) is 0 Å². The number of hydrogen-bond donors (Lipinski definition) is 2. The Balaban J connectivity index is 1.37. The fourth-order valence-electron chi connectivity index (χ4n) is 4.54. The molecule has 2 N–H and O–H groups in total. The lowest BCUT2D eigenvalue weighted by molar-refractivity contribution is -0.129. The second kappa shape index (κ2) is 7.66. The van der Waals surface area contributed by atoms with Crippen LogP contribution in [0.1, 0.15) is 32.1 Å². The minimum absolute atomic E-state index is 0.0113. The van der Waals surface area contributed by atoms with E-state index in [1.54, 1.807) is 17.0 Å². The van der Waals surface area contributed by atoms with Crippen molar-refractivity contribution in [3.05, 3.63) is 24.3 Å². The summed E-state index contributed by atoms with van der Waals surface area (Å²) in [5.74, 6) is -0.0949. The van der Waals surface area contributed by atoms with Crippen LogP contribution in [0.4, 0.5) is 14.5 Å². The predicted octanol–water partition coefficient (Wildman–Crippen LogP) is 2.29. The molecule has 8 heteroatoms. The summed E-state index contributed by atoms with van der Waals surface area (Å²) in [5, 5.41) is 6.29. The molecule has 2 saturated heterocycles. The van der Waals surface area contributed by atoms with Gasteiger partial charge in [0.1, 0.15) is 11.8 Å². The van der Waals surface area contributed by atoms with Gasteiger partial charge in [-0.3, -0.25) is 9.59 Å². The Kier molecular flexibility index (Phi) is 5.23.